The van der Waals surface area contributed by atoms with Gasteiger partial charge in [0, 0.05) is 57.1 Å². The number of ether oxygens (including phenoxy) is 1. The smallest absolute Gasteiger partial charge is 0.318 e. The van der Waals surface area contributed by atoms with Gasteiger partial charge in [0.05, 0.1) is 24.4 Å². The Morgan fingerprint density at radius 3 is 2.63 bits per heavy atom. The number of aliphatic hydroxyl groups is 1. The highest BCUT2D eigenvalue weighted by atomic mass is 19.1. The molecule has 2 aliphatic rings. The number of nitrogens with one attached hydrogen (secondary N) is 2. The lowest BCUT2D eigenvalue weighted by Crippen LogP contribution is -2.51. The van der Waals surface area contributed by atoms with Crippen LogP contribution in [0, 0.1) is 29.3 Å². The van der Waals surface area contributed by atoms with Gasteiger partial charge in [-0.3, -0.25) is 0 Å². The summed E-state index contributed by atoms with van der Waals surface area (Å²) in [6.07, 6.45) is 1.54. The number of imidazole rings is 1. The van der Waals surface area contributed by atoms with Crippen molar-refractivity contribution in [3.05, 3.63) is 77.5 Å². The summed E-state index contributed by atoms with van der Waals surface area (Å²) in [5.74, 6) is -2.03. The van der Waals surface area contributed by atoms with Crippen molar-refractivity contribution in [3.63, 3.8) is 0 Å². The topological polar surface area (TPSA) is 91.6 Å². The van der Waals surface area contributed by atoms with E-state index in [1.807, 2.05) is 0 Å². The lowest BCUT2D eigenvalue weighted by atomic mass is 9.89. The molecule has 3 N–H and O–H groups in total. The first kappa shape index (κ1) is 31.0. The number of urea groups is 1. The minimum absolute atomic E-state index is 0.0522. The monoisotopic (exact) mass is 603 g/mol. The molecule has 0 bridgehead atoms. The number of carbonyl (C=O) groups is 1. The molecule has 0 radical (unpaired) electrons. The standard InChI is InChI=1S/C31H37F4N5O3/c1-19(18-41)37-31(42)40(16-22-13-36-14-27(22)35)29(21-7-9-43-10-8-21)30-38-28(25-12-24(33)5-6-26(25)34)17-39(30)15-20-3-2-4-23(32)11-20/h2-6,11-12,17,19,21-22,27,29,36,41H,7-10,13-16,18H2,1H3,(H,37,42). The molecule has 43 heavy (non-hydrogen) atoms. The molecule has 0 saturated carbocycles. The number of aromatic nitrogens is 2. The van der Waals surface area contributed by atoms with Crippen molar-refractivity contribution in [1.82, 2.24) is 25.1 Å². The van der Waals surface area contributed by atoms with Crippen LogP contribution in [0.25, 0.3) is 11.3 Å². The van der Waals surface area contributed by atoms with Gasteiger partial charge in [-0.1, -0.05) is 12.1 Å². The van der Waals surface area contributed by atoms with Crippen LogP contribution in [0.1, 0.15) is 37.2 Å². The Balaban J connectivity index is 1.65. The quantitative estimate of drug-likeness (QED) is 0.299. The molecule has 2 fully saturated rings. The molecule has 4 atom stereocenters. The molecule has 0 aliphatic carbocycles. The summed E-state index contributed by atoms with van der Waals surface area (Å²) >= 11 is 0. The average Bonchev–Trinajstić information content (AvgIpc) is 3.60. The SMILES string of the molecule is CC(CO)NC(=O)N(CC1CNCC1F)C(c1nc(-c2cc(F)ccc2F)cn1Cc1cccc(F)c1)C1CCOCC1. The zero-order valence-electron chi connectivity index (χ0n) is 24.0. The van der Waals surface area contributed by atoms with Gasteiger partial charge in [-0.15, -0.1) is 0 Å². The van der Waals surface area contributed by atoms with Crippen LogP contribution in [0.4, 0.5) is 22.4 Å². The van der Waals surface area contributed by atoms with Gasteiger partial charge in [-0.2, -0.15) is 0 Å². The summed E-state index contributed by atoms with van der Waals surface area (Å²) in [4.78, 5) is 20.3. The van der Waals surface area contributed by atoms with Crippen LogP contribution in [0.3, 0.4) is 0 Å². The molecule has 2 aromatic carbocycles. The Kier molecular flexibility index (Phi) is 9.99. The van der Waals surface area contributed by atoms with Crippen molar-refractivity contribution < 1.29 is 32.2 Å². The van der Waals surface area contributed by atoms with E-state index in [-0.39, 0.29) is 43.4 Å². The summed E-state index contributed by atoms with van der Waals surface area (Å²) in [5, 5.41) is 15.5. The predicted octanol–water partition coefficient (Wildman–Crippen LogP) is 4.43. The zero-order chi connectivity index (χ0) is 30.5. The third-order valence-electron chi connectivity index (χ3n) is 8.16. The van der Waals surface area contributed by atoms with Gasteiger partial charge in [-0.05, 0) is 61.6 Å². The van der Waals surface area contributed by atoms with E-state index in [2.05, 4.69) is 10.6 Å². The molecule has 5 rings (SSSR count). The molecule has 2 saturated heterocycles. The highest BCUT2D eigenvalue weighted by Crippen LogP contribution is 2.38. The van der Waals surface area contributed by atoms with Crippen LogP contribution in [-0.4, -0.2) is 77.3 Å². The maximum atomic E-state index is 15.0. The zero-order valence-corrected chi connectivity index (χ0v) is 24.0. The first-order valence-corrected chi connectivity index (χ1v) is 14.6. The number of alkyl halides is 1. The Hall–Kier alpha value is -3.48. The number of rotatable bonds is 10. The summed E-state index contributed by atoms with van der Waals surface area (Å²) in [7, 11) is 0. The summed E-state index contributed by atoms with van der Waals surface area (Å²) < 4.78 is 65.7. The first-order chi connectivity index (χ1) is 20.7. The minimum atomic E-state index is -1.18. The summed E-state index contributed by atoms with van der Waals surface area (Å²) in [6, 6.07) is 7.33. The highest BCUT2D eigenvalue weighted by molar-refractivity contribution is 5.75. The largest absolute Gasteiger partial charge is 0.394 e. The second kappa shape index (κ2) is 13.9. The fraction of sp³-hybridized carbons (Fsp3) is 0.484. The number of benzene rings is 2. The highest BCUT2D eigenvalue weighted by Gasteiger charge is 2.40. The number of aliphatic hydroxyl groups excluding tert-OH is 1. The van der Waals surface area contributed by atoms with Crippen LogP contribution in [0.2, 0.25) is 0 Å². The average molecular weight is 604 g/mol. The van der Waals surface area contributed by atoms with Crippen LogP contribution in [0.5, 0.6) is 0 Å². The molecule has 2 amide bonds. The predicted molar refractivity (Wildman–Crippen MR) is 152 cm³/mol. The molecule has 12 heteroatoms. The number of amides is 2. The van der Waals surface area contributed by atoms with Gasteiger partial charge in [-0.25, -0.2) is 27.3 Å². The van der Waals surface area contributed by atoms with Gasteiger partial charge in [0.15, 0.2) is 0 Å². The number of hydrogen-bond acceptors (Lipinski definition) is 5. The van der Waals surface area contributed by atoms with Gasteiger partial charge in [0.1, 0.15) is 29.4 Å². The van der Waals surface area contributed by atoms with E-state index in [1.54, 1.807) is 34.7 Å². The van der Waals surface area contributed by atoms with Crippen molar-refractivity contribution >= 4 is 6.03 Å². The maximum absolute atomic E-state index is 15.0. The maximum Gasteiger partial charge on any atom is 0.318 e. The van der Waals surface area contributed by atoms with E-state index in [0.717, 1.165) is 18.2 Å². The minimum Gasteiger partial charge on any atom is -0.394 e. The van der Waals surface area contributed by atoms with E-state index in [1.165, 1.54) is 12.1 Å². The number of carbonyl (C=O) groups excluding carboxylic acids is 1. The Labute approximate surface area is 248 Å². The molecule has 3 heterocycles. The molecule has 3 aromatic rings. The molecule has 2 aliphatic heterocycles. The van der Waals surface area contributed by atoms with Gasteiger partial charge in [0.25, 0.3) is 0 Å². The molecule has 0 spiro atoms. The summed E-state index contributed by atoms with van der Waals surface area (Å²) in [5.41, 5.74) is 0.693. The molecular formula is C31H37F4N5O3. The second-order valence-corrected chi connectivity index (χ2v) is 11.4. The van der Waals surface area contributed by atoms with Gasteiger partial charge < -0.3 is 29.9 Å². The lowest BCUT2D eigenvalue weighted by molar-refractivity contribution is 0.0253. The van der Waals surface area contributed by atoms with E-state index in [9.17, 15) is 27.5 Å². The van der Waals surface area contributed by atoms with Gasteiger partial charge >= 0.3 is 6.03 Å². The van der Waals surface area contributed by atoms with Crippen LogP contribution in [0.15, 0.2) is 48.7 Å². The van der Waals surface area contributed by atoms with Crippen LogP contribution in [-0.2, 0) is 11.3 Å². The van der Waals surface area contributed by atoms with Crippen molar-refractivity contribution in [1.29, 1.82) is 0 Å². The van der Waals surface area contributed by atoms with Crippen molar-refractivity contribution in [2.75, 3.05) is 39.5 Å². The molecule has 1 aromatic heterocycles. The Bertz CT molecular complexity index is 1400. The van der Waals surface area contributed by atoms with E-state index in [4.69, 9.17) is 9.72 Å². The number of hydrogen-bond donors (Lipinski definition) is 3. The third kappa shape index (κ3) is 7.36. The lowest BCUT2D eigenvalue weighted by Gasteiger charge is -2.40. The van der Waals surface area contributed by atoms with Crippen LogP contribution < -0.4 is 10.6 Å². The summed E-state index contributed by atoms with van der Waals surface area (Å²) in [6.45, 7) is 2.98. The van der Waals surface area contributed by atoms with E-state index < -0.39 is 47.7 Å². The van der Waals surface area contributed by atoms with Crippen molar-refractivity contribution in [2.45, 2.75) is 44.6 Å². The molecule has 8 nitrogen and oxygen atoms in total. The Morgan fingerprint density at radius 2 is 1.93 bits per heavy atom. The molecule has 4 unspecified atom stereocenters. The van der Waals surface area contributed by atoms with E-state index >= 15 is 0 Å². The third-order valence-corrected chi connectivity index (χ3v) is 8.16. The van der Waals surface area contributed by atoms with Gasteiger partial charge in [0.2, 0.25) is 0 Å². The van der Waals surface area contributed by atoms with E-state index in [0.29, 0.717) is 44.0 Å². The normalized spacial score (nSPS) is 20.6. The second-order valence-electron chi connectivity index (χ2n) is 11.4. The van der Waals surface area contributed by atoms with Crippen molar-refractivity contribution in [2.24, 2.45) is 11.8 Å². The van der Waals surface area contributed by atoms with Crippen LogP contribution >= 0.6 is 0 Å². The number of nitrogens with zero attached hydrogens (tertiary/aromatic N) is 3. The van der Waals surface area contributed by atoms with Crippen molar-refractivity contribution in [3.8, 4) is 11.3 Å². The molecule has 232 valence electrons. The fourth-order valence-electron chi connectivity index (χ4n) is 5.88. The number of halogens is 4. The fourth-order valence-corrected chi connectivity index (χ4v) is 5.88. The Morgan fingerprint density at radius 1 is 1.16 bits per heavy atom. The molecular weight excluding hydrogens is 566 g/mol. The first-order valence-electron chi connectivity index (χ1n) is 14.6.